The van der Waals surface area contributed by atoms with Crippen LogP contribution in [0.3, 0.4) is 0 Å². The summed E-state index contributed by atoms with van der Waals surface area (Å²) in [5.74, 6) is 0.820. The van der Waals surface area contributed by atoms with Gasteiger partial charge in [0, 0.05) is 21.7 Å². The van der Waals surface area contributed by atoms with E-state index in [4.69, 9.17) is 4.74 Å². The molecular weight excluding hydrogens is 316 g/mol. The van der Waals surface area contributed by atoms with Crippen molar-refractivity contribution in [2.75, 3.05) is 12.4 Å². The van der Waals surface area contributed by atoms with Crippen molar-refractivity contribution < 1.29 is 4.74 Å². The lowest BCUT2D eigenvalue weighted by molar-refractivity contribution is 0.415. The predicted octanol–water partition coefficient (Wildman–Crippen LogP) is 4.75. The molecule has 0 aliphatic carbocycles. The van der Waals surface area contributed by atoms with Crippen molar-refractivity contribution >= 4 is 38.2 Å². The molecule has 0 aliphatic heterocycles. The SMILES string of the molecule is COc1ccc2nccc(Nc3ccccc3Br)c2c1. The molecule has 20 heavy (non-hydrogen) atoms. The monoisotopic (exact) mass is 328 g/mol. The molecule has 0 atom stereocenters. The molecule has 0 spiro atoms. The van der Waals surface area contributed by atoms with E-state index in [2.05, 4.69) is 26.2 Å². The third-order valence-electron chi connectivity index (χ3n) is 3.09. The first kappa shape index (κ1) is 12.9. The fourth-order valence-corrected chi connectivity index (χ4v) is 2.45. The van der Waals surface area contributed by atoms with Crippen LogP contribution >= 0.6 is 15.9 Å². The standard InChI is InChI=1S/C16H13BrN2O/c1-20-11-6-7-14-12(10-11)15(8-9-18-14)19-16-5-3-2-4-13(16)17/h2-10H,1H3,(H,18,19). The molecule has 0 saturated carbocycles. The van der Waals surface area contributed by atoms with Crippen LogP contribution in [0.1, 0.15) is 0 Å². The van der Waals surface area contributed by atoms with Crippen LogP contribution < -0.4 is 10.1 Å². The maximum Gasteiger partial charge on any atom is 0.119 e. The summed E-state index contributed by atoms with van der Waals surface area (Å²) in [7, 11) is 1.67. The molecule has 3 nitrogen and oxygen atoms in total. The zero-order valence-electron chi connectivity index (χ0n) is 10.9. The molecule has 2 aromatic carbocycles. The maximum absolute atomic E-state index is 5.29. The lowest BCUT2D eigenvalue weighted by Crippen LogP contribution is -1.94. The van der Waals surface area contributed by atoms with Gasteiger partial charge in [0.05, 0.1) is 18.3 Å². The van der Waals surface area contributed by atoms with Crippen molar-refractivity contribution in [2.45, 2.75) is 0 Å². The highest BCUT2D eigenvalue weighted by atomic mass is 79.9. The van der Waals surface area contributed by atoms with Crippen molar-refractivity contribution in [1.82, 2.24) is 4.98 Å². The molecule has 3 aromatic rings. The summed E-state index contributed by atoms with van der Waals surface area (Å²) in [6, 6.07) is 15.8. The van der Waals surface area contributed by atoms with Gasteiger partial charge in [0.15, 0.2) is 0 Å². The Balaban J connectivity index is 2.09. The van der Waals surface area contributed by atoms with Gasteiger partial charge in [-0.1, -0.05) is 12.1 Å². The van der Waals surface area contributed by atoms with E-state index < -0.39 is 0 Å². The number of hydrogen-bond acceptors (Lipinski definition) is 3. The predicted molar refractivity (Wildman–Crippen MR) is 85.7 cm³/mol. The van der Waals surface area contributed by atoms with Crippen LogP contribution in [0.15, 0.2) is 59.2 Å². The zero-order valence-corrected chi connectivity index (χ0v) is 12.5. The Morgan fingerprint density at radius 3 is 2.70 bits per heavy atom. The number of ether oxygens (including phenoxy) is 1. The average molecular weight is 329 g/mol. The number of nitrogens with one attached hydrogen (secondary N) is 1. The Morgan fingerprint density at radius 2 is 1.90 bits per heavy atom. The first-order chi connectivity index (χ1) is 9.78. The highest BCUT2D eigenvalue weighted by Crippen LogP contribution is 2.31. The second-order valence-electron chi connectivity index (χ2n) is 4.35. The van der Waals surface area contributed by atoms with Crippen molar-refractivity contribution in [2.24, 2.45) is 0 Å². The van der Waals surface area contributed by atoms with E-state index >= 15 is 0 Å². The van der Waals surface area contributed by atoms with Crippen LogP contribution in [0.5, 0.6) is 5.75 Å². The van der Waals surface area contributed by atoms with Crippen molar-refractivity contribution in [3.63, 3.8) is 0 Å². The van der Waals surface area contributed by atoms with Crippen LogP contribution in [0.4, 0.5) is 11.4 Å². The summed E-state index contributed by atoms with van der Waals surface area (Å²) < 4.78 is 6.31. The van der Waals surface area contributed by atoms with E-state index in [1.165, 1.54) is 0 Å². The van der Waals surface area contributed by atoms with Gasteiger partial charge in [0.25, 0.3) is 0 Å². The van der Waals surface area contributed by atoms with E-state index in [1.54, 1.807) is 13.3 Å². The Kier molecular flexibility index (Phi) is 3.56. The van der Waals surface area contributed by atoms with Crippen molar-refractivity contribution in [3.05, 3.63) is 59.2 Å². The minimum Gasteiger partial charge on any atom is -0.497 e. The minimum atomic E-state index is 0.820. The number of nitrogens with zero attached hydrogens (tertiary/aromatic N) is 1. The quantitative estimate of drug-likeness (QED) is 0.753. The van der Waals surface area contributed by atoms with Gasteiger partial charge < -0.3 is 10.1 Å². The smallest absolute Gasteiger partial charge is 0.119 e. The topological polar surface area (TPSA) is 34.1 Å². The Bertz CT molecular complexity index is 758. The fourth-order valence-electron chi connectivity index (χ4n) is 2.07. The van der Waals surface area contributed by atoms with Crippen molar-refractivity contribution in [1.29, 1.82) is 0 Å². The molecule has 1 aromatic heterocycles. The van der Waals surface area contributed by atoms with Crippen LogP contribution in [-0.2, 0) is 0 Å². The van der Waals surface area contributed by atoms with Gasteiger partial charge in [-0.3, -0.25) is 4.98 Å². The first-order valence-electron chi connectivity index (χ1n) is 6.22. The van der Waals surface area contributed by atoms with E-state index in [-0.39, 0.29) is 0 Å². The summed E-state index contributed by atoms with van der Waals surface area (Å²) in [5, 5.41) is 4.45. The largest absolute Gasteiger partial charge is 0.497 e. The summed E-state index contributed by atoms with van der Waals surface area (Å²) in [6.07, 6.45) is 1.80. The van der Waals surface area contributed by atoms with E-state index in [0.717, 1.165) is 32.5 Å². The number of aromatic nitrogens is 1. The average Bonchev–Trinajstić information content (AvgIpc) is 2.49. The number of anilines is 2. The molecule has 0 bridgehead atoms. The third kappa shape index (κ3) is 2.47. The minimum absolute atomic E-state index is 0.820. The van der Waals surface area contributed by atoms with Gasteiger partial charge in [-0.15, -0.1) is 0 Å². The van der Waals surface area contributed by atoms with Crippen LogP contribution in [0.2, 0.25) is 0 Å². The number of pyridine rings is 1. The highest BCUT2D eigenvalue weighted by Gasteiger charge is 2.05. The molecule has 1 heterocycles. The summed E-state index contributed by atoms with van der Waals surface area (Å²) >= 11 is 3.54. The number of methoxy groups -OCH3 is 1. The molecule has 0 saturated heterocycles. The lowest BCUT2D eigenvalue weighted by atomic mass is 10.1. The van der Waals surface area contributed by atoms with Gasteiger partial charge in [-0.05, 0) is 52.3 Å². The van der Waals surface area contributed by atoms with Crippen molar-refractivity contribution in [3.8, 4) is 5.75 Å². The van der Waals surface area contributed by atoms with Gasteiger partial charge in [-0.2, -0.15) is 0 Å². The summed E-state index contributed by atoms with van der Waals surface area (Å²) in [5.41, 5.74) is 2.95. The molecule has 3 rings (SSSR count). The number of benzene rings is 2. The van der Waals surface area contributed by atoms with Gasteiger partial charge >= 0.3 is 0 Å². The highest BCUT2D eigenvalue weighted by molar-refractivity contribution is 9.10. The Hall–Kier alpha value is -2.07. The number of rotatable bonds is 3. The summed E-state index contributed by atoms with van der Waals surface area (Å²) in [4.78, 5) is 4.37. The van der Waals surface area contributed by atoms with E-state index in [0.29, 0.717) is 0 Å². The van der Waals surface area contributed by atoms with E-state index in [1.807, 2.05) is 48.5 Å². The molecule has 4 heteroatoms. The van der Waals surface area contributed by atoms with Gasteiger partial charge in [0.2, 0.25) is 0 Å². The van der Waals surface area contributed by atoms with Gasteiger partial charge in [0.1, 0.15) is 5.75 Å². The number of halogens is 1. The normalized spacial score (nSPS) is 10.5. The number of para-hydroxylation sites is 1. The van der Waals surface area contributed by atoms with Gasteiger partial charge in [-0.25, -0.2) is 0 Å². The molecular formula is C16H13BrN2O. The summed E-state index contributed by atoms with van der Waals surface area (Å²) in [6.45, 7) is 0. The molecule has 100 valence electrons. The van der Waals surface area contributed by atoms with E-state index in [9.17, 15) is 0 Å². The second kappa shape index (κ2) is 5.51. The fraction of sp³-hybridized carbons (Fsp3) is 0.0625. The van der Waals surface area contributed by atoms with Crippen LogP contribution in [-0.4, -0.2) is 12.1 Å². The lowest BCUT2D eigenvalue weighted by Gasteiger charge is -2.11. The number of hydrogen-bond donors (Lipinski definition) is 1. The molecule has 0 unspecified atom stereocenters. The second-order valence-corrected chi connectivity index (χ2v) is 5.20. The Morgan fingerprint density at radius 1 is 1.05 bits per heavy atom. The third-order valence-corrected chi connectivity index (χ3v) is 3.78. The maximum atomic E-state index is 5.29. The molecule has 0 fully saturated rings. The molecule has 0 aliphatic rings. The molecule has 0 amide bonds. The first-order valence-corrected chi connectivity index (χ1v) is 7.01. The number of fused-ring (bicyclic) bond motifs is 1. The van der Waals surface area contributed by atoms with Crippen LogP contribution in [0.25, 0.3) is 10.9 Å². The Labute approximate surface area is 125 Å². The molecule has 0 radical (unpaired) electrons. The molecule has 1 N–H and O–H groups in total. The zero-order chi connectivity index (χ0) is 13.9. The van der Waals surface area contributed by atoms with Crippen LogP contribution in [0, 0.1) is 0 Å².